The Morgan fingerprint density at radius 2 is 2.18 bits per heavy atom. The summed E-state index contributed by atoms with van der Waals surface area (Å²) in [6.45, 7) is 4.04. The molecule has 0 aliphatic carbocycles. The smallest absolute Gasteiger partial charge is 0.138 e. The van der Waals surface area contributed by atoms with Gasteiger partial charge >= 0.3 is 0 Å². The predicted octanol–water partition coefficient (Wildman–Crippen LogP) is 2.65. The van der Waals surface area contributed by atoms with E-state index in [1.165, 1.54) is 0 Å². The largest absolute Gasteiger partial charge is 0.383 e. The van der Waals surface area contributed by atoms with Crippen LogP contribution in [-0.2, 0) is 11.2 Å². The zero-order valence-electron chi connectivity index (χ0n) is 10.2. The first-order valence-electron chi connectivity index (χ1n) is 5.40. The summed E-state index contributed by atoms with van der Waals surface area (Å²) in [6.07, 6.45) is 2.61. The molecule has 0 saturated carbocycles. The summed E-state index contributed by atoms with van der Waals surface area (Å²) < 4.78 is 8.26. The minimum atomic E-state index is -0.261. The van der Waals surface area contributed by atoms with E-state index in [4.69, 9.17) is 10.5 Å². The number of rotatable bonds is 3. The lowest BCUT2D eigenvalue weighted by Crippen LogP contribution is -2.26. The number of hydrogen-bond acceptors (Lipinski definition) is 3. The standard InChI is InChI=1S/C12H16BrN3O/c1-12(2,17-3)6-9-11(14)16-7-8(13)4-5-10(16)15-9/h4-5,7H,6,14H2,1-3H3. The first kappa shape index (κ1) is 12.4. The Kier molecular flexibility index (Phi) is 3.14. The molecule has 2 aromatic heterocycles. The van der Waals surface area contributed by atoms with Crippen LogP contribution in [0.15, 0.2) is 22.8 Å². The van der Waals surface area contributed by atoms with Gasteiger partial charge in [0, 0.05) is 24.2 Å². The van der Waals surface area contributed by atoms with Gasteiger partial charge in [0.25, 0.3) is 0 Å². The number of aromatic nitrogens is 2. The first-order valence-corrected chi connectivity index (χ1v) is 6.19. The zero-order valence-corrected chi connectivity index (χ0v) is 11.8. The Morgan fingerprint density at radius 3 is 2.82 bits per heavy atom. The van der Waals surface area contributed by atoms with Crippen molar-refractivity contribution < 1.29 is 4.74 Å². The van der Waals surface area contributed by atoms with Gasteiger partial charge in [0.2, 0.25) is 0 Å². The highest BCUT2D eigenvalue weighted by atomic mass is 79.9. The molecule has 0 saturated heterocycles. The lowest BCUT2D eigenvalue weighted by atomic mass is 10.0. The lowest BCUT2D eigenvalue weighted by Gasteiger charge is -2.21. The molecule has 0 fully saturated rings. The predicted molar refractivity (Wildman–Crippen MR) is 72.1 cm³/mol. The lowest BCUT2D eigenvalue weighted by molar-refractivity contribution is 0.0226. The van der Waals surface area contributed by atoms with Crippen LogP contribution in [0.5, 0.6) is 0 Å². The number of ether oxygens (including phenoxy) is 1. The molecule has 92 valence electrons. The quantitative estimate of drug-likeness (QED) is 0.947. The van der Waals surface area contributed by atoms with Gasteiger partial charge in [0.15, 0.2) is 0 Å². The molecule has 2 heterocycles. The number of nitrogens with two attached hydrogens (primary N) is 1. The third-order valence-corrected chi connectivity index (χ3v) is 3.31. The molecule has 17 heavy (non-hydrogen) atoms. The Bertz CT molecular complexity index is 548. The molecule has 0 bridgehead atoms. The van der Waals surface area contributed by atoms with E-state index in [1.807, 2.05) is 36.6 Å². The molecular weight excluding hydrogens is 282 g/mol. The fourth-order valence-electron chi connectivity index (χ4n) is 1.69. The second kappa shape index (κ2) is 4.31. The number of imidazole rings is 1. The van der Waals surface area contributed by atoms with Gasteiger partial charge in [0.05, 0.1) is 11.3 Å². The van der Waals surface area contributed by atoms with Gasteiger partial charge in [-0.05, 0) is 41.9 Å². The van der Waals surface area contributed by atoms with Crippen molar-refractivity contribution in [3.63, 3.8) is 0 Å². The minimum Gasteiger partial charge on any atom is -0.383 e. The van der Waals surface area contributed by atoms with Crippen LogP contribution in [0.4, 0.5) is 5.82 Å². The van der Waals surface area contributed by atoms with Crippen molar-refractivity contribution in [1.82, 2.24) is 9.38 Å². The van der Waals surface area contributed by atoms with E-state index in [-0.39, 0.29) is 5.60 Å². The molecule has 0 aliphatic heterocycles. The summed E-state index contributed by atoms with van der Waals surface area (Å²) in [5.74, 6) is 0.673. The number of nitrogens with zero attached hydrogens (tertiary/aromatic N) is 2. The molecule has 0 atom stereocenters. The van der Waals surface area contributed by atoms with Crippen LogP contribution in [0.3, 0.4) is 0 Å². The Morgan fingerprint density at radius 1 is 1.47 bits per heavy atom. The molecule has 2 aromatic rings. The Labute approximate surface area is 109 Å². The zero-order chi connectivity index (χ0) is 12.6. The van der Waals surface area contributed by atoms with E-state index in [9.17, 15) is 0 Å². The molecule has 0 radical (unpaired) electrons. The van der Waals surface area contributed by atoms with E-state index in [0.29, 0.717) is 12.2 Å². The number of pyridine rings is 1. The number of anilines is 1. The van der Waals surface area contributed by atoms with Crippen LogP contribution >= 0.6 is 15.9 Å². The van der Waals surface area contributed by atoms with Crippen LogP contribution in [-0.4, -0.2) is 22.1 Å². The fourth-order valence-corrected chi connectivity index (χ4v) is 2.03. The maximum absolute atomic E-state index is 6.09. The van der Waals surface area contributed by atoms with Gasteiger partial charge in [-0.25, -0.2) is 4.98 Å². The normalized spacial score (nSPS) is 12.2. The first-order chi connectivity index (χ1) is 7.93. The minimum absolute atomic E-state index is 0.261. The monoisotopic (exact) mass is 297 g/mol. The van der Waals surface area contributed by atoms with Crippen molar-refractivity contribution in [2.45, 2.75) is 25.9 Å². The van der Waals surface area contributed by atoms with Gasteiger partial charge < -0.3 is 10.5 Å². The molecule has 0 amide bonds. The third kappa shape index (κ3) is 2.45. The molecular formula is C12H16BrN3O. The van der Waals surface area contributed by atoms with Crippen LogP contribution in [0.2, 0.25) is 0 Å². The third-order valence-electron chi connectivity index (χ3n) is 2.84. The molecule has 0 aliphatic rings. The van der Waals surface area contributed by atoms with Gasteiger partial charge in [-0.1, -0.05) is 0 Å². The Balaban J connectivity index is 2.46. The molecule has 0 spiro atoms. The molecule has 0 unspecified atom stereocenters. The van der Waals surface area contributed by atoms with E-state index in [0.717, 1.165) is 15.8 Å². The van der Waals surface area contributed by atoms with Crippen molar-refractivity contribution in [3.05, 3.63) is 28.5 Å². The summed E-state index contributed by atoms with van der Waals surface area (Å²) in [5, 5.41) is 0. The van der Waals surface area contributed by atoms with Gasteiger partial charge in [-0.15, -0.1) is 0 Å². The van der Waals surface area contributed by atoms with Crippen LogP contribution in [0.1, 0.15) is 19.5 Å². The number of methoxy groups -OCH3 is 1. The van der Waals surface area contributed by atoms with E-state index in [2.05, 4.69) is 20.9 Å². The molecule has 2 rings (SSSR count). The number of halogens is 1. The SMILES string of the molecule is COC(C)(C)Cc1nc2ccc(Br)cn2c1N. The topological polar surface area (TPSA) is 52.5 Å². The molecule has 4 nitrogen and oxygen atoms in total. The summed E-state index contributed by atoms with van der Waals surface area (Å²) >= 11 is 3.42. The molecule has 5 heteroatoms. The van der Waals surface area contributed by atoms with Crippen LogP contribution in [0.25, 0.3) is 5.65 Å². The summed E-state index contributed by atoms with van der Waals surface area (Å²) in [5.41, 5.74) is 7.56. The van der Waals surface area contributed by atoms with Gasteiger partial charge in [0.1, 0.15) is 11.5 Å². The number of nitrogen functional groups attached to an aromatic ring is 1. The van der Waals surface area contributed by atoms with Crippen molar-refractivity contribution in [2.75, 3.05) is 12.8 Å². The highest BCUT2D eigenvalue weighted by molar-refractivity contribution is 9.10. The summed E-state index contributed by atoms with van der Waals surface area (Å²) in [6, 6.07) is 3.89. The summed E-state index contributed by atoms with van der Waals surface area (Å²) in [4.78, 5) is 4.52. The van der Waals surface area contributed by atoms with Crippen molar-refractivity contribution >= 4 is 27.4 Å². The van der Waals surface area contributed by atoms with Crippen LogP contribution < -0.4 is 5.73 Å². The van der Waals surface area contributed by atoms with Gasteiger partial charge in [-0.3, -0.25) is 4.40 Å². The highest BCUT2D eigenvalue weighted by Crippen LogP contribution is 2.23. The highest BCUT2D eigenvalue weighted by Gasteiger charge is 2.21. The fraction of sp³-hybridized carbons (Fsp3) is 0.417. The van der Waals surface area contributed by atoms with Crippen LogP contribution in [0, 0.1) is 0 Å². The van der Waals surface area contributed by atoms with E-state index in [1.54, 1.807) is 7.11 Å². The van der Waals surface area contributed by atoms with E-state index < -0.39 is 0 Å². The Hall–Kier alpha value is -1.07. The van der Waals surface area contributed by atoms with Crippen molar-refractivity contribution in [3.8, 4) is 0 Å². The molecule has 2 N–H and O–H groups in total. The number of hydrogen-bond donors (Lipinski definition) is 1. The van der Waals surface area contributed by atoms with Crippen molar-refractivity contribution in [1.29, 1.82) is 0 Å². The second-order valence-corrected chi connectivity index (χ2v) is 5.58. The molecule has 0 aromatic carbocycles. The summed E-state index contributed by atoms with van der Waals surface area (Å²) in [7, 11) is 1.70. The van der Waals surface area contributed by atoms with Gasteiger partial charge in [-0.2, -0.15) is 0 Å². The maximum Gasteiger partial charge on any atom is 0.138 e. The number of fused-ring (bicyclic) bond motifs is 1. The van der Waals surface area contributed by atoms with Crippen molar-refractivity contribution in [2.24, 2.45) is 0 Å². The maximum atomic E-state index is 6.09. The second-order valence-electron chi connectivity index (χ2n) is 4.66. The average Bonchev–Trinajstić information content (AvgIpc) is 2.56. The van der Waals surface area contributed by atoms with E-state index >= 15 is 0 Å². The average molecular weight is 298 g/mol.